The van der Waals surface area contributed by atoms with E-state index in [1.165, 1.54) is 11.3 Å². The molecule has 2 aliphatic heterocycles. The zero-order chi connectivity index (χ0) is 14.9. The predicted molar refractivity (Wildman–Crippen MR) is 88.1 cm³/mol. The number of nitrogens with two attached hydrogens (primary N) is 1. The third-order valence-electron chi connectivity index (χ3n) is 4.47. The molecule has 2 aliphatic rings. The molecule has 3 nitrogen and oxygen atoms in total. The maximum atomic E-state index is 6.35. The lowest BCUT2D eigenvalue weighted by atomic mass is 9.91. The number of thioether (sulfide) groups is 1. The van der Waals surface area contributed by atoms with E-state index >= 15 is 0 Å². The van der Waals surface area contributed by atoms with E-state index in [0.29, 0.717) is 0 Å². The summed E-state index contributed by atoms with van der Waals surface area (Å²) < 4.78 is 12.4. The number of aryl methyl sites for hydroxylation is 1. The maximum Gasteiger partial charge on any atom is 0.124 e. The van der Waals surface area contributed by atoms with Crippen molar-refractivity contribution in [1.82, 2.24) is 0 Å². The van der Waals surface area contributed by atoms with Gasteiger partial charge in [0.2, 0.25) is 0 Å². The molecule has 2 fully saturated rings. The quantitative estimate of drug-likeness (QED) is 0.929. The van der Waals surface area contributed by atoms with Crippen LogP contribution in [0.25, 0.3) is 0 Å². The molecule has 0 aliphatic carbocycles. The minimum absolute atomic E-state index is 0.00330. The smallest absolute Gasteiger partial charge is 0.124 e. The Morgan fingerprint density at radius 1 is 1.48 bits per heavy atom. The van der Waals surface area contributed by atoms with Gasteiger partial charge in [-0.1, -0.05) is 12.1 Å². The Balaban J connectivity index is 1.75. The number of rotatable bonds is 3. The highest BCUT2D eigenvalue weighted by atomic mass is 32.2. The van der Waals surface area contributed by atoms with Crippen LogP contribution in [0.1, 0.15) is 43.4 Å². The fourth-order valence-corrected chi connectivity index (χ4v) is 4.62. The van der Waals surface area contributed by atoms with E-state index in [4.69, 9.17) is 15.2 Å². The van der Waals surface area contributed by atoms with Gasteiger partial charge in [0.25, 0.3) is 0 Å². The summed E-state index contributed by atoms with van der Waals surface area (Å²) >= 11 is 2.00. The van der Waals surface area contributed by atoms with Crippen LogP contribution in [-0.2, 0) is 4.74 Å². The molecule has 1 aromatic rings. The van der Waals surface area contributed by atoms with Crippen molar-refractivity contribution >= 4 is 11.8 Å². The second-order valence-corrected chi connectivity index (χ2v) is 7.50. The third kappa shape index (κ3) is 3.38. The fraction of sp³-hybridized carbons (Fsp3) is 0.647. The van der Waals surface area contributed by atoms with Gasteiger partial charge in [0.05, 0.1) is 12.2 Å². The van der Waals surface area contributed by atoms with Crippen molar-refractivity contribution in [2.75, 3.05) is 18.1 Å². The van der Waals surface area contributed by atoms with Crippen LogP contribution in [0.4, 0.5) is 0 Å². The Bertz CT molecular complexity index is 498. The molecular formula is C17H25NO2S. The first-order valence-electron chi connectivity index (χ1n) is 7.82. The molecule has 2 heterocycles. The largest absolute Gasteiger partial charge is 0.490 e. The van der Waals surface area contributed by atoms with Gasteiger partial charge >= 0.3 is 0 Å². The number of hydrogen-bond acceptors (Lipinski definition) is 4. The molecule has 116 valence electrons. The van der Waals surface area contributed by atoms with Crippen LogP contribution in [0.5, 0.6) is 5.75 Å². The van der Waals surface area contributed by atoms with Crippen LogP contribution in [-0.4, -0.2) is 29.8 Å². The second kappa shape index (κ2) is 6.19. The predicted octanol–water partition coefficient (Wildman–Crippen LogP) is 3.45. The average Bonchev–Trinajstić information content (AvgIpc) is 2.86. The standard InChI is InChI=1S/C17H25NO2S/c1-12-3-4-15(13(2)18)16(9-12)20-14-5-7-19-17(10-14)6-8-21-11-17/h3-4,9,13-14H,5-8,10-11,18H2,1-2H3. The van der Waals surface area contributed by atoms with E-state index in [1.54, 1.807) is 0 Å². The van der Waals surface area contributed by atoms with E-state index in [1.807, 2.05) is 18.7 Å². The van der Waals surface area contributed by atoms with Gasteiger partial charge in [0.15, 0.2) is 0 Å². The summed E-state index contributed by atoms with van der Waals surface area (Å²) in [6.45, 7) is 4.91. The molecule has 0 aromatic heterocycles. The van der Waals surface area contributed by atoms with Crippen LogP contribution in [0.15, 0.2) is 18.2 Å². The molecule has 0 bridgehead atoms. The third-order valence-corrected chi connectivity index (χ3v) is 5.69. The Morgan fingerprint density at radius 3 is 3.05 bits per heavy atom. The van der Waals surface area contributed by atoms with Crippen LogP contribution >= 0.6 is 11.8 Å². The van der Waals surface area contributed by atoms with E-state index in [9.17, 15) is 0 Å². The van der Waals surface area contributed by atoms with E-state index < -0.39 is 0 Å². The molecule has 0 amide bonds. The molecule has 1 spiro atoms. The van der Waals surface area contributed by atoms with Crippen molar-refractivity contribution < 1.29 is 9.47 Å². The molecule has 3 unspecified atom stereocenters. The number of benzene rings is 1. The van der Waals surface area contributed by atoms with Crippen LogP contribution in [0.3, 0.4) is 0 Å². The molecular weight excluding hydrogens is 282 g/mol. The van der Waals surface area contributed by atoms with Crippen molar-refractivity contribution in [2.45, 2.75) is 50.9 Å². The summed E-state index contributed by atoms with van der Waals surface area (Å²) in [6.07, 6.45) is 3.38. The van der Waals surface area contributed by atoms with E-state index in [0.717, 1.165) is 42.9 Å². The Kier molecular flexibility index (Phi) is 4.48. The summed E-state index contributed by atoms with van der Waals surface area (Å²) in [7, 11) is 0. The minimum atomic E-state index is -0.00330. The minimum Gasteiger partial charge on any atom is -0.490 e. The Hall–Kier alpha value is -0.710. The van der Waals surface area contributed by atoms with Crippen molar-refractivity contribution in [3.8, 4) is 5.75 Å². The van der Waals surface area contributed by atoms with Gasteiger partial charge in [-0.2, -0.15) is 11.8 Å². The second-order valence-electron chi connectivity index (χ2n) is 6.40. The molecule has 3 rings (SSSR count). The van der Waals surface area contributed by atoms with Gasteiger partial charge in [0.1, 0.15) is 11.9 Å². The SMILES string of the molecule is Cc1ccc(C(C)N)c(OC2CCOC3(CCSC3)C2)c1. The maximum absolute atomic E-state index is 6.35. The van der Waals surface area contributed by atoms with Crippen LogP contribution in [0, 0.1) is 6.92 Å². The topological polar surface area (TPSA) is 44.5 Å². The molecule has 21 heavy (non-hydrogen) atoms. The van der Waals surface area contributed by atoms with Crippen molar-refractivity contribution in [1.29, 1.82) is 0 Å². The molecule has 2 N–H and O–H groups in total. The van der Waals surface area contributed by atoms with Gasteiger partial charge in [-0.3, -0.25) is 0 Å². The first-order valence-corrected chi connectivity index (χ1v) is 8.98. The normalized spacial score (nSPS) is 30.5. The van der Waals surface area contributed by atoms with Crippen LogP contribution in [0.2, 0.25) is 0 Å². The first-order chi connectivity index (χ1) is 10.1. The number of ether oxygens (including phenoxy) is 2. The van der Waals surface area contributed by atoms with Crippen LogP contribution < -0.4 is 10.5 Å². The van der Waals surface area contributed by atoms with Gasteiger partial charge in [-0.05, 0) is 37.7 Å². The lowest BCUT2D eigenvalue weighted by molar-refractivity contribution is -0.0960. The zero-order valence-corrected chi connectivity index (χ0v) is 13.7. The van der Waals surface area contributed by atoms with Crippen molar-refractivity contribution in [3.63, 3.8) is 0 Å². The van der Waals surface area contributed by atoms with E-state index in [-0.39, 0.29) is 17.7 Å². The van der Waals surface area contributed by atoms with Gasteiger partial charge in [-0.15, -0.1) is 0 Å². The lowest BCUT2D eigenvalue weighted by Gasteiger charge is -2.38. The number of hydrogen-bond donors (Lipinski definition) is 1. The van der Waals surface area contributed by atoms with Gasteiger partial charge in [-0.25, -0.2) is 0 Å². The first kappa shape index (κ1) is 15.2. The highest BCUT2D eigenvalue weighted by molar-refractivity contribution is 7.99. The lowest BCUT2D eigenvalue weighted by Crippen LogP contribution is -2.44. The molecule has 1 aromatic carbocycles. The highest BCUT2D eigenvalue weighted by Gasteiger charge is 2.41. The summed E-state index contributed by atoms with van der Waals surface area (Å²) in [5.41, 5.74) is 8.45. The van der Waals surface area contributed by atoms with Gasteiger partial charge in [0, 0.05) is 30.2 Å². The summed E-state index contributed by atoms with van der Waals surface area (Å²) in [6, 6.07) is 6.31. The van der Waals surface area contributed by atoms with Gasteiger partial charge < -0.3 is 15.2 Å². The van der Waals surface area contributed by atoms with Crippen molar-refractivity contribution in [2.24, 2.45) is 5.73 Å². The summed E-state index contributed by atoms with van der Waals surface area (Å²) in [4.78, 5) is 0. The van der Waals surface area contributed by atoms with E-state index in [2.05, 4.69) is 25.1 Å². The molecule has 3 atom stereocenters. The summed E-state index contributed by atoms with van der Waals surface area (Å²) in [5.74, 6) is 3.28. The molecule has 2 saturated heterocycles. The Labute approximate surface area is 131 Å². The Morgan fingerprint density at radius 2 is 2.33 bits per heavy atom. The fourth-order valence-electron chi connectivity index (χ4n) is 3.25. The average molecular weight is 307 g/mol. The van der Waals surface area contributed by atoms with Crippen molar-refractivity contribution in [3.05, 3.63) is 29.3 Å². The highest BCUT2D eigenvalue weighted by Crippen LogP contribution is 2.39. The molecule has 4 heteroatoms. The monoisotopic (exact) mass is 307 g/mol. The zero-order valence-electron chi connectivity index (χ0n) is 12.9. The summed E-state index contributed by atoms with van der Waals surface area (Å²) in [5, 5.41) is 0. The molecule has 0 saturated carbocycles. The molecule has 0 radical (unpaired) electrons.